The standard InChI is InChI=1S/C21H29N5O3S/c1-17-3-5-19(6-4-17)16-30(27,28)26-9-7-24(8-10-26)20-15-18(2)22-21(23-20)25-11-13-29-14-12-25/h3-6,15H,7-14,16H2,1-2H3. The molecule has 9 heteroatoms. The molecule has 0 atom stereocenters. The van der Waals surface area contributed by atoms with Crippen LogP contribution >= 0.6 is 0 Å². The lowest BCUT2D eigenvalue weighted by Gasteiger charge is -2.35. The van der Waals surface area contributed by atoms with Crippen molar-refractivity contribution >= 4 is 21.8 Å². The van der Waals surface area contributed by atoms with Gasteiger partial charge in [-0.3, -0.25) is 0 Å². The van der Waals surface area contributed by atoms with Crippen molar-refractivity contribution in [3.63, 3.8) is 0 Å². The first kappa shape index (κ1) is 21.0. The first-order valence-corrected chi connectivity index (χ1v) is 12.0. The smallest absolute Gasteiger partial charge is 0.227 e. The van der Waals surface area contributed by atoms with Gasteiger partial charge in [-0.15, -0.1) is 0 Å². The summed E-state index contributed by atoms with van der Waals surface area (Å²) in [4.78, 5) is 13.6. The zero-order chi connectivity index (χ0) is 21.1. The second-order valence-electron chi connectivity index (χ2n) is 7.89. The summed E-state index contributed by atoms with van der Waals surface area (Å²) in [5.41, 5.74) is 2.86. The number of aryl methyl sites for hydroxylation is 2. The number of nitrogens with zero attached hydrogens (tertiary/aromatic N) is 5. The highest BCUT2D eigenvalue weighted by atomic mass is 32.2. The molecule has 0 spiro atoms. The van der Waals surface area contributed by atoms with Crippen LogP contribution in [0.1, 0.15) is 16.8 Å². The summed E-state index contributed by atoms with van der Waals surface area (Å²) in [6, 6.07) is 9.65. The van der Waals surface area contributed by atoms with Crippen molar-refractivity contribution in [2.45, 2.75) is 19.6 Å². The largest absolute Gasteiger partial charge is 0.378 e. The average molecular weight is 432 g/mol. The summed E-state index contributed by atoms with van der Waals surface area (Å²) >= 11 is 0. The minimum atomic E-state index is -3.34. The molecule has 0 saturated carbocycles. The van der Waals surface area contributed by atoms with Crippen molar-refractivity contribution in [1.82, 2.24) is 14.3 Å². The third kappa shape index (κ3) is 4.91. The Kier molecular flexibility index (Phi) is 6.21. The molecule has 0 radical (unpaired) electrons. The highest BCUT2D eigenvalue weighted by molar-refractivity contribution is 7.88. The Morgan fingerprint density at radius 1 is 0.900 bits per heavy atom. The average Bonchev–Trinajstić information content (AvgIpc) is 2.75. The van der Waals surface area contributed by atoms with Crippen molar-refractivity contribution in [2.24, 2.45) is 0 Å². The van der Waals surface area contributed by atoms with Crippen molar-refractivity contribution in [1.29, 1.82) is 0 Å². The molecule has 2 saturated heterocycles. The van der Waals surface area contributed by atoms with E-state index in [1.807, 2.05) is 44.2 Å². The summed E-state index contributed by atoms with van der Waals surface area (Å²) in [5.74, 6) is 1.63. The van der Waals surface area contributed by atoms with Gasteiger partial charge in [0.1, 0.15) is 5.82 Å². The fourth-order valence-electron chi connectivity index (χ4n) is 3.78. The number of hydrogen-bond acceptors (Lipinski definition) is 7. The second kappa shape index (κ2) is 8.87. The second-order valence-corrected chi connectivity index (χ2v) is 9.86. The van der Waals surface area contributed by atoms with E-state index in [2.05, 4.69) is 14.8 Å². The van der Waals surface area contributed by atoms with Gasteiger partial charge in [-0.2, -0.15) is 9.29 Å². The Morgan fingerprint density at radius 3 is 2.23 bits per heavy atom. The molecule has 1 aromatic carbocycles. The molecule has 0 N–H and O–H groups in total. The van der Waals surface area contributed by atoms with Crippen molar-refractivity contribution in [3.8, 4) is 0 Å². The highest BCUT2D eigenvalue weighted by Gasteiger charge is 2.28. The normalized spacial score (nSPS) is 18.6. The Hall–Kier alpha value is -2.23. The molecule has 2 fully saturated rings. The number of anilines is 2. The fraction of sp³-hybridized carbons (Fsp3) is 0.524. The zero-order valence-corrected chi connectivity index (χ0v) is 18.4. The molecule has 2 aliphatic heterocycles. The van der Waals surface area contributed by atoms with Crippen LogP contribution in [0.4, 0.5) is 11.8 Å². The van der Waals surface area contributed by atoms with E-state index in [0.29, 0.717) is 39.4 Å². The summed E-state index contributed by atoms with van der Waals surface area (Å²) in [7, 11) is -3.34. The molecular formula is C21H29N5O3S. The van der Waals surface area contributed by atoms with E-state index in [1.54, 1.807) is 4.31 Å². The minimum Gasteiger partial charge on any atom is -0.378 e. The van der Waals surface area contributed by atoms with E-state index >= 15 is 0 Å². The lowest BCUT2D eigenvalue weighted by molar-refractivity contribution is 0.122. The van der Waals surface area contributed by atoms with Crippen LogP contribution in [0.2, 0.25) is 0 Å². The van der Waals surface area contributed by atoms with Crippen LogP contribution in [-0.4, -0.2) is 75.2 Å². The molecule has 0 amide bonds. The molecule has 0 unspecified atom stereocenters. The van der Waals surface area contributed by atoms with Gasteiger partial charge in [-0.25, -0.2) is 13.4 Å². The van der Waals surface area contributed by atoms with E-state index in [0.717, 1.165) is 41.7 Å². The predicted molar refractivity (Wildman–Crippen MR) is 117 cm³/mol. The number of hydrogen-bond donors (Lipinski definition) is 0. The van der Waals surface area contributed by atoms with Crippen LogP contribution in [0.5, 0.6) is 0 Å². The van der Waals surface area contributed by atoms with E-state index in [9.17, 15) is 8.42 Å². The van der Waals surface area contributed by atoms with Gasteiger partial charge in [-0.1, -0.05) is 29.8 Å². The Balaban J connectivity index is 1.41. The lowest BCUT2D eigenvalue weighted by atomic mass is 10.2. The Morgan fingerprint density at radius 2 is 1.57 bits per heavy atom. The van der Waals surface area contributed by atoms with Gasteiger partial charge in [0, 0.05) is 51.0 Å². The first-order valence-electron chi connectivity index (χ1n) is 10.4. The molecule has 162 valence electrons. The molecule has 0 bridgehead atoms. The monoisotopic (exact) mass is 431 g/mol. The summed E-state index contributed by atoms with van der Waals surface area (Å²) in [5, 5.41) is 0. The Bertz CT molecular complexity index is 967. The first-order chi connectivity index (χ1) is 14.4. The maximum atomic E-state index is 12.9. The molecule has 1 aromatic heterocycles. The van der Waals surface area contributed by atoms with E-state index in [4.69, 9.17) is 9.72 Å². The number of piperazine rings is 1. The van der Waals surface area contributed by atoms with Crippen LogP contribution in [0.15, 0.2) is 30.3 Å². The number of aromatic nitrogens is 2. The molecule has 8 nitrogen and oxygen atoms in total. The van der Waals surface area contributed by atoms with Crippen LogP contribution < -0.4 is 9.80 Å². The highest BCUT2D eigenvalue weighted by Crippen LogP contribution is 2.21. The van der Waals surface area contributed by atoms with Gasteiger partial charge in [0.25, 0.3) is 0 Å². The van der Waals surface area contributed by atoms with Crippen LogP contribution in [0.25, 0.3) is 0 Å². The van der Waals surface area contributed by atoms with Crippen molar-refractivity contribution in [3.05, 3.63) is 47.2 Å². The Labute approximate surface area is 178 Å². The number of sulfonamides is 1. The van der Waals surface area contributed by atoms with Gasteiger partial charge >= 0.3 is 0 Å². The van der Waals surface area contributed by atoms with Gasteiger partial charge < -0.3 is 14.5 Å². The van der Waals surface area contributed by atoms with E-state index < -0.39 is 10.0 Å². The van der Waals surface area contributed by atoms with Crippen LogP contribution in [0, 0.1) is 13.8 Å². The van der Waals surface area contributed by atoms with Gasteiger partial charge in [0.15, 0.2) is 0 Å². The number of rotatable bonds is 5. The summed E-state index contributed by atoms with van der Waals surface area (Å²) < 4.78 is 32.7. The molecule has 2 aromatic rings. The molecule has 0 aliphatic carbocycles. The van der Waals surface area contributed by atoms with Gasteiger partial charge in [0.2, 0.25) is 16.0 Å². The lowest BCUT2D eigenvalue weighted by Crippen LogP contribution is -2.49. The fourth-order valence-corrected chi connectivity index (χ4v) is 5.30. The minimum absolute atomic E-state index is 0.0427. The molecule has 4 rings (SSSR count). The third-order valence-electron chi connectivity index (χ3n) is 5.55. The van der Waals surface area contributed by atoms with Crippen LogP contribution in [-0.2, 0) is 20.5 Å². The number of ether oxygens (including phenoxy) is 1. The molecule has 2 aliphatic rings. The number of benzene rings is 1. The summed E-state index contributed by atoms with van der Waals surface area (Å²) in [6.07, 6.45) is 0. The molecule has 3 heterocycles. The maximum absolute atomic E-state index is 12.9. The maximum Gasteiger partial charge on any atom is 0.227 e. The zero-order valence-electron chi connectivity index (χ0n) is 17.6. The van der Waals surface area contributed by atoms with Gasteiger partial charge in [0.05, 0.1) is 19.0 Å². The number of morpholine rings is 1. The van der Waals surface area contributed by atoms with E-state index in [1.165, 1.54) is 0 Å². The van der Waals surface area contributed by atoms with Crippen LogP contribution in [0.3, 0.4) is 0 Å². The third-order valence-corrected chi connectivity index (χ3v) is 7.40. The SMILES string of the molecule is Cc1ccc(CS(=O)(=O)N2CCN(c3cc(C)nc(N4CCOCC4)n3)CC2)cc1. The van der Waals surface area contributed by atoms with E-state index in [-0.39, 0.29) is 5.75 Å². The topological polar surface area (TPSA) is 78.9 Å². The quantitative estimate of drug-likeness (QED) is 0.711. The van der Waals surface area contributed by atoms with Crippen molar-refractivity contribution in [2.75, 3.05) is 62.3 Å². The summed E-state index contributed by atoms with van der Waals surface area (Å²) in [6.45, 7) is 9.07. The molecular weight excluding hydrogens is 402 g/mol. The van der Waals surface area contributed by atoms with Crippen molar-refractivity contribution < 1.29 is 13.2 Å². The predicted octanol–water partition coefficient (Wildman–Crippen LogP) is 1.58. The molecule has 30 heavy (non-hydrogen) atoms. The van der Waals surface area contributed by atoms with Gasteiger partial charge in [-0.05, 0) is 19.4 Å².